The zero-order valence-corrected chi connectivity index (χ0v) is 14.5. The van der Waals surface area contributed by atoms with E-state index in [0.717, 1.165) is 12.8 Å². The topological polar surface area (TPSA) is 98.7 Å². The van der Waals surface area contributed by atoms with Crippen LogP contribution in [0.2, 0.25) is 5.02 Å². The highest BCUT2D eigenvalue weighted by molar-refractivity contribution is 6.33. The number of halogens is 2. The van der Waals surface area contributed by atoms with Crippen LogP contribution in [0.4, 0.5) is 5.69 Å². The number of methoxy groups -OCH3 is 1. The number of benzene rings is 1. The largest absolute Gasteiger partial charge is 0.496 e. The molecule has 6 nitrogen and oxygen atoms in total. The molecule has 4 N–H and O–H groups in total. The second kappa shape index (κ2) is 8.26. The van der Waals surface area contributed by atoms with Crippen LogP contribution in [0.3, 0.4) is 0 Å². The number of anilines is 1. The van der Waals surface area contributed by atoms with E-state index in [0.29, 0.717) is 41.5 Å². The Morgan fingerprint density at radius 3 is 2.48 bits per heavy atom. The molecule has 0 bridgehead atoms. The summed E-state index contributed by atoms with van der Waals surface area (Å²) >= 11 is 6.00. The lowest BCUT2D eigenvalue weighted by Gasteiger charge is -2.32. The number of primary amides is 1. The van der Waals surface area contributed by atoms with Crippen LogP contribution < -0.4 is 16.2 Å². The van der Waals surface area contributed by atoms with Crippen LogP contribution >= 0.6 is 24.0 Å². The maximum absolute atomic E-state index is 12.6. The molecule has 0 atom stereocenters. The highest BCUT2D eigenvalue weighted by atomic mass is 35.5. The van der Waals surface area contributed by atoms with E-state index in [1.807, 2.05) is 0 Å². The summed E-state index contributed by atoms with van der Waals surface area (Å²) < 4.78 is 5.22. The first kappa shape index (κ1) is 19.4. The molecule has 0 unspecified atom stereocenters. The number of likely N-dealkylation sites (tertiary alicyclic amines) is 1. The van der Waals surface area contributed by atoms with Crippen LogP contribution in [0.1, 0.15) is 29.6 Å². The number of nitrogens with zero attached hydrogens (tertiary/aromatic N) is 1. The molecule has 1 heterocycles. The summed E-state index contributed by atoms with van der Waals surface area (Å²) in [5.41, 5.74) is 11.7. The first-order valence-corrected chi connectivity index (χ1v) is 7.50. The molecule has 1 fully saturated rings. The summed E-state index contributed by atoms with van der Waals surface area (Å²) in [5.74, 6) is 0.220. The second-order valence-corrected chi connectivity index (χ2v) is 5.89. The Labute approximate surface area is 146 Å². The Hall–Kier alpha value is -1.66. The molecule has 23 heavy (non-hydrogen) atoms. The van der Waals surface area contributed by atoms with E-state index in [9.17, 15) is 9.59 Å². The molecular weight excluding hydrogens is 341 g/mol. The van der Waals surface area contributed by atoms with Crippen molar-refractivity contribution in [2.75, 3.05) is 25.9 Å². The highest BCUT2D eigenvalue weighted by Gasteiger charge is 2.26. The fourth-order valence-electron chi connectivity index (χ4n) is 2.70. The number of hydrogen-bond donors (Lipinski definition) is 2. The molecule has 0 radical (unpaired) electrons. The maximum atomic E-state index is 12.6. The van der Waals surface area contributed by atoms with E-state index in [2.05, 4.69) is 0 Å². The normalized spacial score (nSPS) is 15.0. The van der Waals surface area contributed by atoms with E-state index in [4.69, 9.17) is 27.8 Å². The van der Waals surface area contributed by atoms with Crippen LogP contribution in [0.15, 0.2) is 12.1 Å². The van der Waals surface area contributed by atoms with Crippen molar-refractivity contribution in [2.24, 2.45) is 11.7 Å². The monoisotopic (exact) mass is 361 g/mol. The number of hydrogen-bond acceptors (Lipinski definition) is 4. The van der Waals surface area contributed by atoms with Crippen molar-refractivity contribution >= 4 is 41.5 Å². The summed E-state index contributed by atoms with van der Waals surface area (Å²) in [7, 11) is 1.48. The van der Waals surface area contributed by atoms with Gasteiger partial charge in [-0.15, -0.1) is 12.4 Å². The Balaban J connectivity index is 0.00000264. The number of nitrogen functional groups attached to an aromatic ring is 1. The van der Waals surface area contributed by atoms with Gasteiger partial charge in [-0.3, -0.25) is 9.59 Å². The molecule has 2 amide bonds. The third kappa shape index (κ3) is 4.65. The maximum Gasteiger partial charge on any atom is 0.257 e. The zero-order valence-electron chi connectivity index (χ0n) is 12.9. The van der Waals surface area contributed by atoms with Crippen LogP contribution in [-0.4, -0.2) is 36.9 Å². The highest BCUT2D eigenvalue weighted by Crippen LogP contribution is 2.31. The van der Waals surface area contributed by atoms with E-state index in [-0.39, 0.29) is 30.1 Å². The molecule has 128 valence electrons. The SMILES string of the molecule is COc1cc(N)c(Cl)cc1C(=O)N1CCC(CC(N)=O)CC1.Cl. The van der Waals surface area contributed by atoms with Crippen molar-refractivity contribution in [2.45, 2.75) is 19.3 Å². The van der Waals surface area contributed by atoms with E-state index >= 15 is 0 Å². The number of rotatable bonds is 4. The number of piperidine rings is 1. The summed E-state index contributed by atoms with van der Waals surface area (Å²) in [6.45, 7) is 1.17. The van der Waals surface area contributed by atoms with Gasteiger partial charge in [0, 0.05) is 25.6 Å². The predicted octanol–water partition coefficient (Wildman–Crippen LogP) is 2.08. The lowest BCUT2D eigenvalue weighted by Crippen LogP contribution is -2.39. The Morgan fingerprint density at radius 2 is 1.96 bits per heavy atom. The first-order valence-electron chi connectivity index (χ1n) is 7.13. The molecule has 8 heteroatoms. The molecule has 0 spiro atoms. The van der Waals surface area contributed by atoms with E-state index in [1.165, 1.54) is 13.2 Å². The molecule has 1 aromatic rings. The van der Waals surface area contributed by atoms with Gasteiger partial charge < -0.3 is 21.1 Å². The van der Waals surface area contributed by atoms with Crippen LogP contribution in [-0.2, 0) is 4.79 Å². The lowest BCUT2D eigenvalue weighted by atomic mass is 9.93. The molecule has 2 rings (SSSR count). The summed E-state index contributed by atoms with van der Waals surface area (Å²) in [5, 5.41) is 0.327. The van der Waals surface area contributed by atoms with Crippen LogP contribution in [0, 0.1) is 5.92 Å². The minimum atomic E-state index is -0.295. The van der Waals surface area contributed by atoms with Crippen molar-refractivity contribution in [1.29, 1.82) is 0 Å². The van der Waals surface area contributed by atoms with Crippen molar-refractivity contribution in [1.82, 2.24) is 4.90 Å². The van der Waals surface area contributed by atoms with Gasteiger partial charge in [0.2, 0.25) is 5.91 Å². The van der Waals surface area contributed by atoms with Gasteiger partial charge in [0.1, 0.15) is 5.75 Å². The van der Waals surface area contributed by atoms with Crippen molar-refractivity contribution in [3.63, 3.8) is 0 Å². The molecule has 1 aliphatic rings. The van der Waals surface area contributed by atoms with Crippen molar-refractivity contribution in [3.8, 4) is 5.75 Å². The fraction of sp³-hybridized carbons (Fsp3) is 0.467. The third-order valence-electron chi connectivity index (χ3n) is 3.94. The van der Waals surface area contributed by atoms with Gasteiger partial charge in [0.15, 0.2) is 0 Å². The van der Waals surface area contributed by atoms with Gasteiger partial charge in [-0.05, 0) is 24.8 Å². The number of ether oxygens (including phenoxy) is 1. The molecule has 0 saturated carbocycles. The second-order valence-electron chi connectivity index (χ2n) is 5.48. The molecule has 0 aromatic heterocycles. The van der Waals surface area contributed by atoms with E-state index in [1.54, 1.807) is 11.0 Å². The molecular formula is C15H21Cl2N3O3. The Kier molecular flexibility index (Phi) is 6.97. The van der Waals surface area contributed by atoms with Gasteiger partial charge in [-0.25, -0.2) is 0 Å². The van der Waals surface area contributed by atoms with Crippen LogP contribution in [0.5, 0.6) is 5.75 Å². The standard InChI is InChI=1S/C15H20ClN3O3.ClH/c1-22-13-8-12(17)11(16)7-10(13)15(21)19-4-2-9(3-5-19)6-14(18)20;/h7-9H,2-6,17H2,1H3,(H2,18,20);1H. The molecule has 1 saturated heterocycles. The van der Waals surface area contributed by atoms with Gasteiger partial charge in [-0.1, -0.05) is 11.6 Å². The zero-order chi connectivity index (χ0) is 16.3. The van der Waals surface area contributed by atoms with Crippen molar-refractivity contribution in [3.05, 3.63) is 22.7 Å². The van der Waals surface area contributed by atoms with Gasteiger partial charge in [-0.2, -0.15) is 0 Å². The number of carbonyl (C=O) groups excluding carboxylic acids is 2. The quantitative estimate of drug-likeness (QED) is 0.801. The molecule has 0 aliphatic carbocycles. The van der Waals surface area contributed by atoms with Crippen LogP contribution in [0.25, 0.3) is 0 Å². The smallest absolute Gasteiger partial charge is 0.257 e. The average Bonchev–Trinajstić information content (AvgIpc) is 2.49. The van der Waals surface area contributed by atoms with Gasteiger partial charge in [0.25, 0.3) is 5.91 Å². The number of amides is 2. The predicted molar refractivity (Wildman–Crippen MR) is 92.1 cm³/mol. The minimum absolute atomic E-state index is 0. The van der Waals surface area contributed by atoms with E-state index < -0.39 is 0 Å². The van der Waals surface area contributed by atoms with Gasteiger partial charge in [0.05, 0.1) is 23.4 Å². The summed E-state index contributed by atoms with van der Waals surface area (Å²) in [4.78, 5) is 25.3. The number of carbonyl (C=O) groups is 2. The molecule has 1 aliphatic heterocycles. The third-order valence-corrected chi connectivity index (χ3v) is 4.27. The Bertz CT molecular complexity index is 588. The van der Waals surface area contributed by atoms with Crippen molar-refractivity contribution < 1.29 is 14.3 Å². The van der Waals surface area contributed by atoms with Gasteiger partial charge >= 0.3 is 0 Å². The minimum Gasteiger partial charge on any atom is -0.496 e. The number of nitrogens with two attached hydrogens (primary N) is 2. The fourth-order valence-corrected chi connectivity index (χ4v) is 2.86. The average molecular weight is 362 g/mol. The lowest BCUT2D eigenvalue weighted by molar-refractivity contribution is -0.119. The summed E-state index contributed by atoms with van der Waals surface area (Å²) in [6.07, 6.45) is 1.90. The molecule has 1 aromatic carbocycles. The Morgan fingerprint density at radius 1 is 1.35 bits per heavy atom. The summed E-state index contributed by atoms with van der Waals surface area (Å²) in [6, 6.07) is 3.09. The first-order chi connectivity index (χ1) is 10.4.